The van der Waals surface area contributed by atoms with E-state index in [4.69, 9.17) is 0 Å². The first kappa shape index (κ1) is 16.9. The Morgan fingerprint density at radius 3 is 2.58 bits per heavy atom. The Balaban J connectivity index is 2.30. The molecule has 5 nitrogen and oxygen atoms in total. The van der Waals surface area contributed by atoms with Gasteiger partial charge < -0.3 is 5.32 Å². The molecule has 0 saturated heterocycles. The average molecular weight is 291 g/mol. The normalized spacial score (nSPS) is 24.2. The Labute approximate surface area is 118 Å². The number of nitrogens with one attached hydrogen (secondary N) is 2. The SMILES string of the molecule is CCCNCCCN(C)S(=O)(=O)NC1CCCC1C. The van der Waals surface area contributed by atoms with Gasteiger partial charge in [-0.3, -0.25) is 0 Å². The second-order valence-electron chi connectivity index (χ2n) is 5.56. The third-order valence-electron chi connectivity index (χ3n) is 3.83. The summed E-state index contributed by atoms with van der Waals surface area (Å²) in [5.41, 5.74) is 0. The molecule has 19 heavy (non-hydrogen) atoms. The molecule has 0 spiro atoms. The fraction of sp³-hybridized carbons (Fsp3) is 1.00. The van der Waals surface area contributed by atoms with E-state index in [-0.39, 0.29) is 6.04 Å². The van der Waals surface area contributed by atoms with Crippen molar-refractivity contribution in [1.82, 2.24) is 14.3 Å². The molecule has 1 rings (SSSR count). The van der Waals surface area contributed by atoms with Crippen LogP contribution in [0.3, 0.4) is 0 Å². The number of rotatable bonds is 9. The highest BCUT2D eigenvalue weighted by Crippen LogP contribution is 2.25. The first-order valence-corrected chi connectivity index (χ1v) is 8.85. The molecule has 114 valence electrons. The maximum atomic E-state index is 12.1. The highest BCUT2D eigenvalue weighted by molar-refractivity contribution is 7.87. The molecule has 2 unspecified atom stereocenters. The van der Waals surface area contributed by atoms with Crippen LogP contribution in [0.4, 0.5) is 0 Å². The van der Waals surface area contributed by atoms with E-state index in [1.807, 2.05) is 0 Å². The Bertz CT molecular complexity index is 346. The van der Waals surface area contributed by atoms with Gasteiger partial charge in [0.15, 0.2) is 0 Å². The van der Waals surface area contributed by atoms with Gasteiger partial charge in [-0.25, -0.2) is 0 Å². The highest BCUT2D eigenvalue weighted by Gasteiger charge is 2.29. The lowest BCUT2D eigenvalue weighted by Crippen LogP contribution is -2.45. The standard InChI is InChI=1S/C13H29N3O2S/c1-4-9-14-10-6-11-16(3)19(17,18)15-13-8-5-7-12(13)2/h12-15H,4-11H2,1-3H3. The summed E-state index contributed by atoms with van der Waals surface area (Å²) in [6.07, 6.45) is 5.16. The van der Waals surface area contributed by atoms with Crippen molar-refractivity contribution >= 4 is 10.2 Å². The van der Waals surface area contributed by atoms with E-state index in [1.54, 1.807) is 7.05 Å². The van der Waals surface area contributed by atoms with Crippen molar-refractivity contribution in [3.05, 3.63) is 0 Å². The van der Waals surface area contributed by atoms with Crippen LogP contribution in [0.1, 0.15) is 46.0 Å². The van der Waals surface area contributed by atoms with Crippen molar-refractivity contribution in [3.8, 4) is 0 Å². The molecule has 2 N–H and O–H groups in total. The fourth-order valence-corrected chi connectivity index (χ4v) is 3.73. The third kappa shape index (κ3) is 5.77. The van der Waals surface area contributed by atoms with Gasteiger partial charge in [0.1, 0.15) is 0 Å². The van der Waals surface area contributed by atoms with Crippen molar-refractivity contribution in [2.75, 3.05) is 26.7 Å². The lowest BCUT2D eigenvalue weighted by molar-refractivity contribution is 0.417. The molecule has 0 amide bonds. The van der Waals surface area contributed by atoms with Gasteiger partial charge in [0.2, 0.25) is 0 Å². The summed E-state index contributed by atoms with van der Waals surface area (Å²) in [5.74, 6) is 0.453. The maximum Gasteiger partial charge on any atom is 0.279 e. The van der Waals surface area contributed by atoms with Crippen molar-refractivity contribution in [3.63, 3.8) is 0 Å². The second kappa shape index (κ2) is 8.19. The van der Waals surface area contributed by atoms with Crippen LogP contribution in [0.15, 0.2) is 0 Å². The third-order valence-corrected chi connectivity index (χ3v) is 5.43. The largest absolute Gasteiger partial charge is 0.317 e. The van der Waals surface area contributed by atoms with E-state index in [2.05, 4.69) is 23.9 Å². The Morgan fingerprint density at radius 1 is 1.26 bits per heavy atom. The predicted octanol–water partition coefficient (Wildman–Crippen LogP) is 1.33. The maximum absolute atomic E-state index is 12.1. The summed E-state index contributed by atoms with van der Waals surface area (Å²) in [4.78, 5) is 0. The van der Waals surface area contributed by atoms with Gasteiger partial charge in [0, 0.05) is 19.6 Å². The van der Waals surface area contributed by atoms with Crippen LogP contribution in [0.5, 0.6) is 0 Å². The quantitative estimate of drug-likeness (QED) is 0.630. The van der Waals surface area contributed by atoms with Crippen LogP contribution >= 0.6 is 0 Å². The molecule has 1 fully saturated rings. The molecule has 0 bridgehead atoms. The smallest absolute Gasteiger partial charge is 0.279 e. The van der Waals surface area contributed by atoms with Gasteiger partial charge in [-0.1, -0.05) is 20.3 Å². The minimum atomic E-state index is -3.31. The lowest BCUT2D eigenvalue weighted by atomic mass is 10.1. The molecule has 1 saturated carbocycles. The van der Waals surface area contributed by atoms with Gasteiger partial charge in [-0.15, -0.1) is 0 Å². The van der Waals surface area contributed by atoms with E-state index in [0.717, 1.165) is 45.2 Å². The van der Waals surface area contributed by atoms with Crippen LogP contribution in [0.25, 0.3) is 0 Å². The van der Waals surface area contributed by atoms with Crippen LogP contribution in [0.2, 0.25) is 0 Å². The van der Waals surface area contributed by atoms with Crippen LogP contribution in [0, 0.1) is 5.92 Å². The van der Waals surface area contributed by atoms with E-state index < -0.39 is 10.2 Å². The molecule has 0 radical (unpaired) electrons. The van der Waals surface area contributed by atoms with Gasteiger partial charge >= 0.3 is 0 Å². The fourth-order valence-electron chi connectivity index (χ4n) is 2.45. The molecule has 0 aliphatic heterocycles. The van der Waals surface area contributed by atoms with Crippen LogP contribution in [-0.4, -0.2) is 45.4 Å². The van der Waals surface area contributed by atoms with Crippen molar-refractivity contribution in [1.29, 1.82) is 0 Å². The minimum absolute atomic E-state index is 0.116. The van der Waals surface area contributed by atoms with Gasteiger partial charge in [-0.05, 0) is 44.7 Å². The molecule has 0 aromatic rings. The van der Waals surface area contributed by atoms with Gasteiger partial charge in [0.25, 0.3) is 10.2 Å². The zero-order valence-corrected chi connectivity index (χ0v) is 13.3. The number of hydrogen-bond acceptors (Lipinski definition) is 3. The summed E-state index contributed by atoms with van der Waals surface area (Å²) in [6.45, 7) is 6.67. The molecular weight excluding hydrogens is 262 g/mol. The summed E-state index contributed by atoms with van der Waals surface area (Å²) < 4.78 is 28.6. The lowest BCUT2D eigenvalue weighted by Gasteiger charge is -2.23. The molecular formula is C13H29N3O2S. The summed E-state index contributed by atoms with van der Waals surface area (Å²) >= 11 is 0. The van der Waals surface area contributed by atoms with Crippen molar-refractivity contribution in [2.24, 2.45) is 5.92 Å². The highest BCUT2D eigenvalue weighted by atomic mass is 32.2. The summed E-state index contributed by atoms with van der Waals surface area (Å²) in [7, 11) is -1.66. The Hall–Kier alpha value is -0.170. The van der Waals surface area contributed by atoms with Crippen molar-refractivity contribution in [2.45, 2.75) is 52.0 Å². The van der Waals surface area contributed by atoms with Gasteiger partial charge in [-0.2, -0.15) is 17.4 Å². The Kier molecular flexibility index (Phi) is 7.28. The van der Waals surface area contributed by atoms with Gasteiger partial charge in [0.05, 0.1) is 0 Å². The van der Waals surface area contributed by atoms with Crippen molar-refractivity contribution < 1.29 is 8.42 Å². The van der Waals surface area contributed by atoms with Crippen LogP contribution in [-0.2, 0) is 10.2 Å². The molecule has 1 aliphatic carbocycles. The number of nitrogens with zero attached hydrogens (tertiary/aromatic N) is 1. The molecule has 2 atom stereocenters. The molecule has 0 aromatic carbocycles. The van der Waals surface area contributed by atoms with E-state index >= 15 is 0 Å². The number of hydrogen-bond donors (Lipinski definition) is 2. The Morgan fingerprint density at radius 2 is 2.00 bits per heavy atom. The molecule has 6 heteroatoms. The van der Waals surface area contributed by atoms with Crippen LogP contribution < -0.4 is 10.0 Å². The first-order valence-electron chi connectivity index (χ1n) is 7.41. The van der Waals surface area contributed by atoms with E-state index in [9.17, 15) is 8.42 Å². The monoisotopic (exact) mass is 291 g/mol. The second-order valence-corrected chi connectivity index (χ2v) is 7.37. The average Bonchev–Trinajstić information content (AvgIpc) is 2.74. The summed E-state index contributed by atoms with van der Waals surface area (Å²) in [6, 6.07) is 0.116. The minimum Gasteiger partial charge on any atom is -0.317 e. The summed E-state index contributed by atoms with van der Waals surface area (Å²) in [5, 5.41) is 3.28. The molecule has 0 heterocycles. The van der Waals surface area contributed by atoms with E-state index in [1.165, 1.54) is 4.31 Å². The topological polar surface area (TPSA) is 61.4 Å². The predicted molar refractivity (Wildman–Crippen MR) is 79.3 cm³/mol. The first-order chi connectivity index (χ1) is 8.97. The zero-order valence-electron chi connectivity index (χ0n) is 12.5. The molecule has 1 aliphatic rings. The van der Waals surface area contributed by atoms with E-state index in [0.29, 0.717) is 12.5 Å². The molecule has 0 aromatic heterocycles. The zero-order chi connectivity index (χ0) is 14.3.